The first-order chi connectivity index (χ1) is 11.8. The molecule has 2 atom stereocenters. The number of para-hydroxylation sites is 1. The van der Waals surface area contributed by atoms with E-state index in [0.29, 0.717) is 10.9 Å². The lowest BCUT2D eigenvalue weighted by molar-refractivity contribution is -0.127. The van der Waals surface area contributed by atoms with E-state index in [2.05, 4.69) is 23.3 Å². The summed E-state index contributed by atoms with van der Waals surface area (Å²) in [4.78, 5) is 13.9. The summed E-state index contributed by atoms with van der Waals surface area (Å²) in [5, 5.41) is 15.7. The van der Waals surface area contributed by atoms with Crippen LogP contribution in [0.15, 0.2) is 59.5 Å². The van der Waals surface area contributed by atoms with Crippen molar-refractivity contribution in [3.05, 3.63) is 64.9 Å². The number of carbonyl (C=O) groups is 1. The molecule has 0 aliphatic carbocycles. The van der Waals surface area contributed by atoms with Crippen molar-refractivity contribution >= 4 is 39.9 Å². The van der Waals surface area contributed by atoms with Crippen molar-refractivity contribution in [2.24, 2.45) is 5.10 Å². The lowest BCUT2D eigenvalue weighted by Crippen LogP contribution is -2.50. The second-order valence-electron chi connectivity index (χ2n) is 5.43. The van der Waals surface area contributed by atoms with Crippen LogP contribution in [-0.2, 0) is 4.79 Å². The summed E-state index contributed by atoms with van der Waals surface area (Å²) in [5.41, 5.74) is 1.92. The number of amides is 1. The molecular weight excluding hydrogens is 340 g/mol. The molecule has 0 spiro atoms. The first kappa shape index (κ1) is 15.3. The van der Waals surface area contributed by atoms with Crippen molar-refractivity contribution in [3.63, 3.8) is 0 Å². The molecule has 0 saturated carbocycles. The van der Waals surface area contributed by atoms with E-state index in [4.69, 9.17) is 5.10 Å². The molecule has 4 rings (SSSR count). The quantitative estimate of drug-likeness (QED) is 0.826. The Balaban J connectivity index is 1.79. The van der Waals surface area contributed by atoms with Crippen LogP contribution in [0.4, 0.5) is 5.69 Å². The smallest absolute Gasteiger partial charge is 0.255 e. The number of fused-ring (bicyclic) bond motifs is 3. The number of rotatable bonds is 3. The standard InChI is InChI=1S/C17H16N4OS2/c1-2-9-24-17-19-16(22)14-11-6-3-4-7-12(11)18-15(21(14)20-17)13-8-5-10-23-13/h2-8,10,14-15,18H,1,9H2,(H,19,20,22)/t14-,15+/m0/s1. The number of benzene rings is 1. The number of hydrogen-bond donors (Lipinski definition) is 2. The van der Waals surface area contributed by atoms with Crippen LogP contribution >= 0.6 is 23.1 Å². The summed E-state index contributed by atoms with van der Waals surface area (Å²) in [7, 11) is 0. The third-order valence-corrected chi connectivity index (χ3v) is 5.70. The van der Waals surface area contributed by atoms with Crippen molar-refractivity contribution < 1.29 is 4.79 Å². The summed E-state index contributed by atoms with van der Waals surface area (Å²) in [6.45, 7) is 3.72. The van der Waals surface area contributed by atoms with E-state index in [1.54, 1.807) is 17.4 Å². The molecule has 3 heterocycles. The van der Waals surface area contributed by atoms with Gasteiger partial charge in [-0.15, -0.1) is 23.0 Å². The zero-order valence-electron chi connectivity index (χ0n) is 12.8. The zero-order chi connectivity index (χ0) is 16.5. The van der Waals surface area contributed by atoms with Crippen LogP contribution < -0.4 is 10.6 Å². The minimum absolute atomic E-state index is 0.0490. The maximum absolute atomic E-state index is 12.8. The highest BCUT2D eigenvalue weighted by atomic mass is 32.2. The number of thiophene rings is 1. The van der Waals surface area contributed by atoms with E-state index in [9.17, 15) is 4.79 Å². The van der Waals surface area contributed by atoms with Crippen LogP contribution in [0.2, 0.25) is 0 Å². The molecule has 0 fully saturated rings. The molecule has 0 bridgehead atoms. The molecule has 24 heavy (non-hydrogen) atoms. The van der Waals surface area contributed by atoms with Crippen LogP contribution in [0.5, 0.6) is 0 Å². The van der Waals surface area contributed by atoms with Gasteiger partial charge in [0, 0.05) is 21.9 Å². The Hall–Kier alpha value is -2.25. The van der Waals surface area contributed by atoms with Gasteiger partial charge < -0.3 is 10.6 Å². The number of anilines is 1. The van der Waals surface area contributed by atoms with Crippen molar-refractivity contribution in [2.75, 3.05) is 11.1 Å². The van der Waals surface area contributed by atoms with Crippen LogP contribution in [-0.4, -0.2) is 21.8 Å². The minimum Gasteiger partial charge on any atom is -0.359 e. The summed E-state index contributed by atoms with van der Waals surface area (Å²) in [5.74, 6) is 0.651. The number of hydrogen-bond acceptors (Lipinski definition) is 6. The molecule has 2 N–H and O–H groups in total. The summed E-state index contributed by atoms with van der Waals surface area (Å²) in [6.07, 6.45) is 1.64. The van der Waals surface area contributed by atoms with Gasteiger partial charge in [-0.05, 0) is 17.5 Å². The Morgan fingerprint density at radius 3 is 3.00 bits per heavy atom. The van der Waals surface area contributed by atoms with Crippen molar-refractivity contribution in [1.82, 2.24) is 10.3 Å². The van der Waals surface area contributed by atoms with Crippen LogP contribution in [0, 0.1) is 0 Å². The largest absolute Gasteiger partial charge is 0.359 e. The van der Waals surface area contributed by atoms with Gasteiger partial charge in [0.2, 0.25) is 0 Å². The van der Waals surface area contributed by atoms with Crippen molar-refractivity contribution in [1.29, 1.82) is 0 Å². The number of nitrogens with zero attached hydrogens (tertiary/aromatic N) is 2. The summed E-state index contributed by atoms with van der Waals surface area (Å²) in [6, 6.07) is 11.5. The van der Waals surface area contributed by atoms with Gasteiger partial charge in [-0.2, -0.15) is 0 Å². The van der Waals surface area contributed by atoms with Gasteiger partial charge in [-0.3, -0.25) is 4.79 Å². The Kier molecular flexibility index (Phi) is 4.03. The topological polar surface area (TPSA) is 56.7 Å². The fourth-order valence-electron chi connectivity index (χ4n) is 2.90. The highest BCUT2D eigenvalue weighted by Crippen LogP contribution is 2.43. The van der Waals surface area contributed by atoms with E-state index in [-0.39, 0.29) is 12.1 Å². The minimum atomic E-state index is -0.428. The van der Waals surface area contributed by atoms with Crippen LogP contribution in [0.25, 0.3) is 0 Å². The molecule has 5 nitrogen and oxygen atoms in total. The molecule has 2 aliphatic heterocycles. The third kappa shape index (κ3) is 2.59. The van der Waals surface area contributed by atoms with Crippen molar-refractivity contribution in [2.45, 2.75) is 12.2 Å². The molecule has 0 unspecified atom stereocenters. The predicted octanol–water partition coefficient (Wildman–Crippen LogP) is 3.54. The maximum Gasteiger partial charge on any atom is 0.255 e. The van der Waals surface area contributed by atoms with Gasteiger partial charge in [-0.1, -0.05) is 42.1 Å². The molecule has 1 aromatic heterocycles. The van der Waals surface area contributed by atoms with E-state index < -0.39 is 6.04 Å². The average Bonchev–Trinajstić information content (AvgIpc) is 3.13. The van der Waals surface area contributed by atoms with Gasteiger partial charge in [0.15, 0.2) is 17.4 Å². The summed E-state index contributed by atoms with van der Waals surface area (Å²) >= 11 is 3.12. The molecule has 122 valence electrons. The molecule has 0 radical (unpaired) electrons. The van der Waals surface area contributed by atoms with E-state index in [1.165, 1.54) is 11.8 Å². The molecule has 2 aliphatic rings. The van der Waals surface area contributed by atoms with Crippen molar-refractivity contribution in [3.8, 4) is 0 Å². The SMILES string of the molecule is C=CCSC1=NN2[C@H](C(=O)N1)c1ccccc1N[C@H]2c1cccs1. The Morgan fingerprint density at radius 1 is 1.33 bits per heavy atom. The first-order valence-corrected chi connectivity index (χ1v) is 9.45. The fourth-order valence-corrected chi connectivity index (χ4v) is 4.27. The van der Waals surface area contributed by atoms with Crippen LogP contribution in [0.1, 0.15) is 22.6 Å². The third-order valence-electron chi connectivity index (χ3n) is 3.91. The van der Waals surface area contributed by atoms with E-state index in [0.717, 1.165) is 16.1 Å². The molecule has 1 aromatic carbocycles. The van der Waals surface area contributed by atoms with Gasteiger partial charge in [-0.25, -0.2) is 5.01 Å². The lowest BCUT2D eigenvalue weighted by Gasteiger charge is -2.43. The van der Waals surface area contributed by atoms with Gasteiger partial charge >= 0.3 is 0 Å². The number of amidine groups is 1. The van der Waals surface area contributed by atoms with Crippen LogP contribution in [0.3, 0.4) is 0 Å². The summed E-state index contributed by atoms with van der Waals surface area (Å²) < 4.78 is 0. The lowest BCUT2D eigenvalue weighted by atomic mass is 9.99. The zero-order valence-corrected chi connectivity index (χ0v) is 14.4. The molecule has 2 aromatic rings. The highest BCUT2D eigenvalue weighted by Gasteiger charge is 2.42. The van der Waals surface area contributed by atoms with Gasteiger partial charge in [0.05, 0.1) is 0 Å². The van der Waals surface area contributed by atoms with E-state index in [1.807, 2.05) is 40.7 Å². The Labute approximate surface area is 148 Å². The van der Waals surface area contributed by atoms with Gasteiger partial charge in [0.25, 0.3) is 5.91 Å². The number of thioether (sulfide) groups is 1. The second-order valence-corrected chi connectivity index (χ2v) is 7.41. The molecule has 7 heteroatoms. The predicted molar refractivity (Wildman–Crippen MR) is 99.9 cm³/mol. The molecule has 1 amide bonds. The number of carbonyl (C=O) groups excluding carboxylic acids is 1. The highest BCUT2D eigenvalue weighted by molar-refractivity contribution is 8.14. The molecule has 0 saturated heterocycles. The van der Waals surface area contributed by atoms with E-state index >= 15 is 0 Å². The Morgan fingerprint density at radius 2 is 2.21 bits per heavy atom. The second kappa shape index (κ2) is 6.33. The first-order valence-electron chi connectivity index (χ1n) is 7.58. The monoisotopic (exact) mass is 356 g/mol. The maximum atomic E-state index is 12.8. The number of hydrazone groups is 1. The average molecular weight is 356 g/mol. The van der Waals surface area contributed by atoms with Gasteiger partial charge in [0.1, 0.15) is 0 Å². The fraction of sp³-hybridized carbons (Fsp3) is 0.176. The molecular formula is C17H16N4OS2. The number of nitrogens with one attached hydrogen (secondary N) is 2. The normalized spacial score (nSPS) is 21.9. The Bertz CT molecular complexity index is 803.